The Kier molecular flexibility index (Phi) is 7.71. The lowest BCUT2D eigenvalue weighted by atomic mass is 10.1. The molecule has 0 saturated carbocycles. The van der Waals surface area contributed by atoms with Gasteiger partial charge >= 0.3 is 6.03 Å². The number of benzene rings is 1. The average Bonchev–Trinajstić information content (AvgIpc) is 2.44. The summed E-state index contributed by atoms with van der Waals surface area (Å²) in [7, 11) is 1.83. The van der Waals surface area contributed by atoms with Crippen molar-refractivity contribution in [2.45, 2.75) is 46.7 Å². The van der Waals surface area contributed by atoms with Crippen LogP contribution in [0.4, 0.5) is 4.79 Å². The van der Waals surface area contributed by atoms with Gasteiger partial charge in [-0.3, -0.25) is 15.0 Å². The minimum absolute atomic E-state index is 0.0166. The maximum Gasteiger partial charge on any atom is 0.321 e. The first-order valence-corrected chi connectivity index (χ1v) is 8.21. The van der Waals surface area contributed by atoms with Crippen molar-refractivity contribution in [1.82, 2.24) is 15.5 Å². The second kappa shape index (κ2) is 9.27. The highest BCUT2D eigenvalue weighted by Crippen LogP contribution is 2.16. The van der Waals surface area contributed by atoms with Crippen molar-refractivity contribution < 1.29 is 14.3 Å². The number of amides is 3. The van der Waals surface area contributed by atoms with Crippen molar-refractivity contribution >= 4 is 11.9 Å². The van der Waals surface area contributed by atoms with Crippen LogP contribution in [-0.2, 0) is 4.79 Å². The predicted octanol–water partition coefficient (Wildman–Crippen LogP) is 2.24. The van der Waals surface area contributed by atoms with E-state index in [1.807, 2.05) is 51.8 Å². The fourth-order valence-corrected chi connectivity index (χ4v) is 2.23. The Bertz CT molecular complexity index is 552. The molecule has 0 radical (unpaired) electrons. The normalized spacial score (nSPS) is 12.2. The first-order chi connectivity index (χ1) is 11.2. The molecule has 0 bridgehead atoms. The summed E-state index contributed by atoms with van der Waals surface area (Å²) in [4.78, 5) is 25.5. The van der Waals surface area contributed by atoms with E-state index in [1.165, 1.54) is 0 Å². The SMILES string of the molecule is Cc1cc(C)cc(OCCN(C)[C@H](C)C(=O)NC(=O)NC(C)C)c1. The fourth-order valence-electron chi connectivity index (χ4n) is 2.23. The van der Waals surface area contributed by atoms with E-state index >= 15 is 0 Å². The highest BCUT2D eigenvalue weighted by atomic mass is 16.5. The average molecular weight is 335 g/mol. The first-order valence-electron chi connectivity index (χ1n) is 8.21. The van der Waals surface area contributed by atoms with Crippen LogP contribution in [0.3, 0.4) is 0 Å². The maximum absolute atomic E-state index is 12.0. The molecule has 1 aromatic carbocycles. The number of ether oxygens (including phenoxy) is 1. The van der Waals surface area contributed by atoms with Gasteiger partial charge in [0.15, 0.2) is 0 Å². The van der Waals surface area contributed by atoms with E-state index in [1.54, 1.807) is 6.92 Å². The van der Waals surface area contributed by atoms with Crippen molar-refractivity contribution in [1.29, 1.82) is 0 Å². The number of carbonyl (C=O) groups is 2. The van der Waals surface area contributed by atoms with Gasteiger partial charge in [-0.15, -0.1) is 0 Å². The zero-order valence-corrected chi connectivity index (χ0v) is 15.5. The van der Waals surface area contributed by atoms with Gasteiger partial charge in [-0.05, 0) is 64.9 Å². The Labute approximate surface area is 144 Å². The van der Waals surface area contributed by atoms with Crippen molar-refractivity contribution in [2.75, 3.05) is 20.2 Å². The molecule has 0 aliphatic heterocycles. The van der Waals surface area contributed by atoms with E-state index in [4.69, 9.17) is 4.74 Å². The molecule has 1 rings (SSSR count). The number of nitrogens with zero attached hydrogens (tertiary/aromatic N) is 1. The van der Waals surface area contributed by atoms with E-state index in [-0.39, 0.29) is 11.9 Å². The third kappa shape index (κ3) is 7.00. The molecule has 2 N–H and O–H groups in total. The molecule has 0 saturated heterocycles. The van der Waals surface area contributed by atoms with Gasteiger partial charge in [0.2, 0.25) is 5.91 Å². The molecule has 0 spiro atoms. The van der Waals surface area contributed by atoms with E-state index in [0.717, 1.165) is 16.9 Å². The van der Waals surface area contributed by atoms with Crippen molar-refractivity contribution in [3.63, 3.8) is 0 Å². The zero-order chi connectivity index (χ0) is 18.3. The first kappa shape index (κ1) is 20.0. The summed E-state index contributed by atoms with van der Waals surface area (Å²) in [5, 5.41) is 4.97. The molecule has 3 amide bonds. The van der Waals surface area contributed by atoms with Gasteiger partial charge in [0.1, 0.15) is 12.4 Å². The smallest absolute Gasteiger partial charge is 0.321 e. The number of carbonyl (C=O) groups excluding carboxylic acids is 2. The third-order valence-electron chi connectivity index (χ3n) is 3.61. The van der Waals surface area contributed by atoms with Crippen LogP contribution in [0.15, 0.2) is 18.2 Å². The van der Waals surface area contributed by atoms with E-state index in [9.17, 15) is 9.59 Å². The van der Waals surface area contributed by atoms with Crippen LogP contribution < -0.4 is 15.4 Å². The molecule has 0 aromatic heterocycles. The Morgan fingerprint density at radius 3 is 2.25 bits per heavy atom. The number of rotatable bonds is 7. The summed E-state index contributed by atoms with van der Waals surface area (Å²) in [6.45, 7) is 10.5. The molecule has 0 heterocycles. The number of hydrogen-bond acceptors (Lipinski definition) is 4. The summed E-state index contributed by atoms with van der Waals surface area (Å²) in [6.07, 6.45) is 0. The summed E-state index contributed by atoms with van der Waals surface area (Å²) in [5.41, 5.74) is 2.31. The molecule has 6 heteroatoms. The zero-order valence-electron chi connectivity index (χ0n) is 15.5. The van der Waals surface area contributed by atoms with E-state index in [0.29, 0.717) is 13.2 Å². The maximum atomic E-state index is 12.0. The Morgan fingerprint density at radius 2 is 1.71 bits per heavy atom. The topological polar surface area (TPSA) is 70.7 Å². The van der Waals surface area contributed by atoms with Crippen molar-refractivity contribution in [3.05, 3.63) is 29.3 Å². The molecule has 24 heavy (non-hydrogen) atoms. The van der Waals surface area contributed by atoms with Gasteiger partial charge < -0.3 is 10.1 Å². The molecule has 0 unspecified atom stereocenters. The van der Waals surface area contributed by atoms with Gasteiger partial charge in [-0.1, -0.05) is 6.07 Å². The van der Waals surface area contributed by atoms with Crippen LogP contribution in [0.2, 0.25) is 0 Å². The molecule has 1 atom stereocenters. The quantitative estimate of drug-likeness (QED) is 0.802. The minimum atomic E-state index is -0.471. The van der Waals surface area contributed by atoms with Gasteiger partial charge in [-0.25, -0.2) is 4.79 Å². The predicted molar refractivity (Wildman–Crippen MR) is 95.3 cm³/mol. The largest absolute Gasteiger partial charge is 0.492 e. The molecule has 1 aromatic rings. The van der Waals surface area contributed by atoms with Crippen LogP contribution in [0.1, 0.15) is 31.9 Å². The monoisotopic (exact) mass is 335 g/mol. The van der Waals surface area contributed by atoms with Crippen LogP contribution in [-0.4, -0.2) is 49.1 Å². The number of aryl methyl sites for hydroxylation is 2. The summed E-state index contributed by atoms with van der Waals surface area (Å²) >= 11 is 0. The van der Waals surface area contributed by atoms with Crippen LogP contribution >= 0.6 is 0 Å². The van der Waals surface area contributed by atoms with Gasteiger partial charge in [-0.2, -0.15) is 0 Å². The Balaban J connectivity index is 2.41. The minimum Gasteiger partial charge on any atom is -0.492 e. The summed E-state index contributed by atoms with van der Waals surface area (Å²) in [6, 6.07) is 5.15. The van der Waals surface area contributed by atoms with E-state index < -0.39 is 12.1 Å². The lowest BCUT2D eigenvalue weighted by Crippen LogP contribution is -2.50. The fraction of sp³-hybridized carbons (Fsp3) is 0.556. The van der Waals surface area contributed by atoms with Crippen molar-refractivity contribution in [2.24, 2.45) is 0 Å². The Morgan fingerprint density at radius 1 is 1.12 bits per heavy atom. The summed E-state index contributed by atoms with van der Waals surface area (Å²) in [5.74, 6) is 0.497. The summed E-state index contributed by atoms with van der Waals surface area (Å²) < 4.78 is 5.75. The Hall–Kier alpha value is -2.08. The second-order valence-corrected chi connectivity index (χ2v) is 6.45. The number of urea groups is 1. The number of hydrogen-bond donors (Lipinski definition) is 2. The van der Waals surface area contributed by atoms with Crippen molar-refractivity contribution in [3.8, 4) is 5.75 Å². The van der Waals surface area contributed by atoms with Gasteiger partial charge in [0, 0.05) is 12.6 Å². The second-order valence-electron chi connectivity index (χ2n) is 6.45. The molecule has 0 fully saturated rings. The van der Waals surface area contributed by atoms with Crippen LogP contribution in [0.5, 0.6) is 5.75 Å². The molecule has 6 nitrogen and oxygen atoms in total. The molecular formula is C18H29N3O3. The molecule has 0 aliphatic rings. The van der Waals surface area contributed by atoms with Crippen LogP contribution in [0, 0.1) is 13.8 Å². The number of likely N-dealkylation sites (N-methyl/N-ethyl adjacent to an activating group) is 1. The standard InChI is InChI=1S/C18H29N3O3/c1-12(2)19-18(23)20-17(22)15(5)21(6)7-8-24-16-10-13(3)9-14(4)11-16/h9-12,15H,7-8H2,1-6H3,(H2,19,20,22,23)/t15-/m1/s1. The molecule has 0 aliphatic carbocycles. The molecular weight excluding hydrogens is 306 g/mol. The van der Waals surface area contributed by atoms with Gasteiger partial charge in [0.25, 0.3) is 0 Å². The highest BCUT2D eigenvalue weighted by Gasteiger charge is 2.20. The number of nitrogens with one attached hydrogen (secondary N) is 2. The third-order valence-corrected chi connectivity index (χ3v) is 3.61. The van der Waals surface area contributed by atoms with Gasteiger partial charge in [0.05, 0.1) is 6.04 Å². The lowest BCUT2D eigenvalue weighted by Gasteiger charge is -2.23. The number of imide groups is 1. The van der Waals surface area contributed by atoms with E-state index in [2.05, 4.69) is 16.7 Å². The molecule has 134 valence electrons. The lowest BCUT2D eigenvalue weighted by molar-refractivity contribution is -0.124. The highest BCUT2D eigenvalue weighted by molar-refractivity contribution is 5.96. The van der Waals surface area contributed by atoms with Crippen LogP contribution in [0.25, 0.3) is 0 Å².